The molecule has 0 atom stereocenters. The SMILES string of the molecule is Cc1noc2c(N3CCOCC3)cc(-c3cccc(C(F)(F)F)c3)nc12. The third-order valence-corrected chi connectivity index (χ3v) is 4.41. The first kappa shape index (κ1) is 16.8. The highest BCUT2D eigenvalue weighted by molar-refractivity contribution is 5.91. The van der Waals surface area contributed by atoms with Crippen LogP contribution in [0.5, 0.6) is 0 Å². The van der Waals surface area contributed by atoms with E-state index in [2.05, 4.69) is 15.0 Å². The van der Waals surface area contributed by atoms with Crippen LogP contribution in [0.3, 0.4) is 0 Å². The number of pyridine rings is 1. The van der Waals surface area contributed by atoms with E-state index in [1.54, 1.807) is 19.1 Å². The Balaban J connectivity index is 1.87. The standard InChI is InChI=1S/C18H16F3N3O2/c1-11-16-17(26-23-11)15(24-5-7-25-8-6-24)10-14(22-16)12-3-2-4-13(9-12)18(19,20)21/h2-4,9-10H,5-8H2,1H3. The third kappa shape index (κ3) is 3.01. The zero-order valence-electron chi connectivity index (χ0n) is 14.0. The van der Waals surface area contributed by atoms with Crippen LogP contribution in [0.4, 0.5) is 18.9 Å². The van der Waals surface area contributed by atoms with Crippen molar-refractivity contribution in [2.45, 2.75) is 13.1 Å². The first-order valence-corrected chi connectivity index (χ1v) is 8.21. The van der Waals surface area contributed by atoms with Gasteiger partial charge in [0.15, 0.2) is 0 Å². The molecule has 0 saturated carbocycles. The van der Waals surface area contributed by atoms with Gasteiger partial charge < -0.3 is 14.2 Å². The summed E-state index contributed by atoms with van der Waals surface area (Å²) in [6.07, 6.45) is -4.40. The second-order valence-corrected chi connectivity index (χ2v) is 6.15. The molecule has 2 aromatic heterocycles. The van der Waals surface area contributed by atoms with Gasteiger partial charge in [-0.2, -0.15) is 13.2 Å². The number of nitrogens with zero attached hydrogens (tertiary/aromatic N) is 3. The van der Waals surface area contributed by atoms with E-state index in [4.69, 9.17) is 9.26 Å². The molecule has 0 aliphatic carbocycles. The molecule has 3 heterocycles. The van der Waals surface area contributed by atoms with Crippen molar-refractivity contribution in [3.63, 3.8) is 0 Å². The number of aryl methyl sites for hydroxylation is 1. The van der Waals surface area contributed by atoms with Crippen molar-refractivity contribution in [3.05, 3.63) is 41.6 Å². The lowest BCUT2D eigenvalue weighted by Gasteiger charge is -2.28. The first-order chi connectivity index (χ1) is 12.4. The van der Waals surface area contributed by atoms with E-state index in [1.165, 1.54) is 6.07 Å². The van der Waals surface area contributed by atoms with Crippen LogP contribution < -0.4 is 4.90 Å². The minimum atomic E-state index is -4.40. The number of morpholine rings is 1. The summed E-state index contributed by atoms with van der Waals surface area (Å²) in [4.78, 5) is 6.58. The smallest absolute Gasteiger partial charge is 0.378 e. The Labute approximate surface area is 147 Å². The van der Waals surface area contributed by atoms with E-state index in [0.29, 0.717) is 54.4 Å². The number of halogens is 3. The lowest BCUT2D eigenvalue weighted by atomic mass is 10.1. The van der Waals surface area contributed by atoms with Crippen molar-refractivity contribution in [1.82, 2.24) is 10.1 Å². The molecular formula is C18H16F3N3O2. The summed E-state index contributed by atoms with van der Waals surface area (Å²) in [6, 6.07) is 6.93. The fraction of sp³-hybridized carbons (Fsp3) is 0.333. The molecule has 136 valence electrons. The Morgan fingerprint density at radius 3 is 2.62 bits per heavy atom. The quantitative estimate of drug-likeness (QED) is 0.687. The third-order valence-electron chi connectivity index (χ3n) is 4.41. The summed E-state index contributed by atoms with van der Waals surface area (Å²) in [5.41, 5.74) is 2.62. The molecule has 1 aliphatic rings. The first-order valence-electron chi connectivity index (χ1n) is 8.21. The van der Waals surface area contributed by atoms with Crippen LogP contribution in [-0.4, -0.2) is 36.4 Å². The summed E-state index contributed by atoms with van der Waals surface area (Å²) in [6.45, 7) is 4.26. The largest absolute Gasteiger partial charge is 0.416 e. The maximum absolute atomic E-state index is 13.1. The van der Waals surface area contributed by atoms with Crippen molar-refractivity contribution in [3.8, 4) is 11.3 Å². The lowest BCUT2D eigenvalue weighted by molar-refractivity contribution is -0.137. The molecule has 1 aromatic carbocycles. The van der Waals surface area contributed by atoms with Gasteiger partial charge in [-0.3, -0.25) is 0 Å². The van der Waals surface area contributed by atoms with Gasteiger partial charge in [-0.25, -0.2) is 4.98 Å². The minimum absolute atomic E-state index is 0.400. The fourth-order valence-electron chi connectivity index (χ4n) is 3.05. The zero-order chi connectivity index (χ0) is 18.3. The van der Waals surface area contributed by atoms with Crippen LogP contribution in [-0.2, 0) is 10.9 Å². The molecule has 5 nitrogen and oxygen atoms in total. The topological polar surface area (TPSA) is 51.4 Å². The number of alkyl halides is 3. The number of hydrogen-bond donors (Lipinski definition) is 0. The van der Waals surface area contributed by atoms with E-state index >= 15 is 0 Å². The molecule has 1 saturated heterocycles. The van der Waals surface area contributed by atoms with Crippen LogP contribution in [0, 0.1) is 6.92 Å². The van der Waals surface area contributed by atoms with Crippen molar-refractivity contribution in [2.75, 3.05) is 31.2 Å². The number of aromatic nitrogens is 2. The van der Waals surface area contributed by atoms with Crippen LogP contribution in [0.25, 0.3) is 22.4 Å². The van der Waals surface area contributed by atoms with Crippen LogP contribution in [0.2, 0.25) is 0 Å². The highest BCUT2D eigenvalue weighted by Gasteiger charge is 2.30. The van der Waals surface area contributed by atoms with Gasteiger partial charge in [-0.15, -0.1) is 0 Å². The Kier molecular flexibility index (Phi) is 4.07. The van der Waals surface area contributed by atoms with Crippen LogP contribution >= 0.6 is 0 Å². The van der Waals surface area contributed by atoms with E-state index in [9.17, 15) is 13.2 Å². The summed E-state index contributed by atoms with van der Waals surface area (Å²) < 4.78 is 50.0. The van der Waals surface area contributed by atoms with Gasteiger partial charge in [0.25, 0.3) is 0 Å². The Bertz CT molecular complexity index is 946. The summed E-state index contributed by atoms with van der Waals surface area (Å²) in [7, 11) is 0. The van der Waals surface area contributed by atoms with Crippen molar-refractivity contribution < 1.29 is 22.4 Å². The van der Waals surface area contributed by atoms with Gasteiger partial charge in [-0.05, 0) is 25.1 Å². The summed E-state index contributed by atoms with van der Waals surface area (Å²) in [5, 5.41) is 3.97. The Morgan fingerprint density at radius 1 is 1.12 bits per heavy atom. The molecule has 0 amide bonds. The summed E-state index contributed by atoms with van der Waals surface area (Å²) >= 11 is 0. The molecule has 0 spiro atoms. The lowest BCUT2D eigenvalue weighted by Crippen LogP contribution is -2.36. The van der Waals surface area contributed by atoms with Gasteiger partial charge in [0.1, 0.15) is 11.2 Å². The van der Waals surface area contributed by atoms with Crippen molar-refractivity contribution in [1.29, 1.82) is 0 Å². The zero-order valence-corrected chi connectivity index (χ0v) is 14.0. The average molecular weight is 363 g/mol. The number of anilines is 1. The highest BCUT2D eigenvalue weighted by Crippen LogP contribution is 2.35. The molecule has 0 unspecified atom stereocenters. The average Bonchev–Trinajstić information content (AvgIpc) is 3.02. The number of benzene rings is 1. The van der Waals surface area contributed by atoms with E-state index in [0.717, 1.165) is 17.8 Å². The van der Waals surface area contributed by atoms with Crippen molar-refractivity contribution >= 4 is 16.8 Å². The second-order valence-electron chi connectivity index (χ2n) is 6.15. The van der Waals surface area contributed by atoms with Gasteiger partial charge in [0.2, 0.25) is 5.58 Å². The maximum atomic E-state index is 13.1. The molecule has 1 fully saturated rings. The number of fused-ring (bicyclic) bond motifs is 1. The van der Waals surface area contributed by atoms with Crippen LogP contribution in [0.1, 0.15) is 11.3 Å². The molecule has 1 aliphatic heterocycles. The number of ether oxygens (including phenoxy) is 1. The molecular weight excluding hydrogens is 347 g/mol. The van der Waals surface area contributed by atoms with Gasteiger partial charge in [-0.1, -0.05) is 17.3 Å². The molecule has 0 radical (unpaired) electrons. The van der Waals surface area contributed by atoms with E-state index in [1.807, 2.05) is 0 Å². The fourth-order valence-corrected chi connectivity index (χ4v) is 3.05. The Hall–Kier alpha value is -2.61. The van der Waals surface area contributed by atoms with Gasteiger partial charge >= 0.3 is 6.18 Å². The molecule has 3 aromatic rings. The highest BCUT2D eigenvalue weighted by atomic mass is 19.4. The normalized spacial score (nSPS) is 15.6. The molecule has 0 N–H and O–H groups in total. The van der Waals surface area contributed by atoms with E-state index < -0.39 is 11.7 Å². The predicted molar refractivity (Wildman–Crippen MR) is 90.0 cm³/mol. The monoisotopic (exact) mass is 363 g/mol. The minimum Gasteiger partial charge on any atom is -0.378 e. The molecule has 8 heteroatoms. The summed E-state index contributed by atoms with van der Waals surface area (Å²) in [5.74, 6) is 0. The van der Waals surface area contributed by atoms with E-state index in [-0.39, 0.29) is 0 Å². The Morgan fingerprint density at radius 2 is 1.88 bits per heavy atom. The number of hydrogen-bond acceptors (Lipinski definition) is 5. The van der Waals surface area contributed by atoms with Gasteiger partial charge in [0, 0.05) is 18.7 Å². The number of rotatable bonds is 2. The maximum Gasteiger partial charge on any atom is 0.416 e. The predicted octanol–water partition coefficient (Wildman–Crippen LogP) is 4.05. The molecule has 26 heavy (non-hydrogen) atoms. The molecule has 0 bridgehead atoms. The van der Waals surface area contributed by atoms with Crippen LogP contribution in [0.15, 0.2) is 34.9 Å². The van der Waals surface area contributed by atoms with Gasteiger partial charge in [0.05, 0.1) is 30.2 Å². The molecule has 4 rings (SSSR count). The van der Waals surface area contributed by atoms with Crippen molar-refractivity contribution in [2.24, 2.45) is 0 Å². The second kappa shape index (κ2) is 6.28.